The average Bonchev–Trinajstić information content (AvgIpc) is 2.92. The molecule has 3 rings (SSSR count). The summed E-state index contributed by atoms with van der Waals surface area (Å²) < 4.78 is 0. The predicted octanol–water partition coefficient (Wildman–Crippen LogP) is 3.97. The van der Waals surface area contributed by atoms with E-state index >= 15 is 0 Å². The summed E-state index contributed by atoms with van der Waals surface area (Å²) in [5.41, 5.74) is 1.72. The van der Waals surface area contributed by atoms with Crippen LogP contribution in [0.25, 0.3) is 5.57 Å². The van der Waals surface area contributed by atoms with Gasteiger partial charge in [-0.1, -0.05) is 24.3 Å². The molecule has 1 fully saturated rings. The standard InChI is InChI=1S/C19H17N3O2S/c1-3-12-22-18(24)17(13(2)14-7-9-15(23)10-8-14)25-19(22)21-16-6-4-5-11-20-16/h3-11,23H,1,12H2,2H3/b17-13-,21-19+. The van der Waals surface area contributed by atoms with Crippen LogP contribution in [0.3, 0.4) is 0 Å². The summed E-state index contributed by atoms with van der Waals surface area (Å²) in [5, 5.41) is 10.0. The van der Waals surface area contributed by atoms with Crippen LogP contribution in [0.4, 0.5) is 5.82 Å². The molecule has 2 aromatic rings. The van der Waals surface area contributed by atoms with E-state index in [0.29, 0.717) is 22.4 Å². The van der Waals surface area contributed by atoms with Gasteiger partial charge in [-0.3, -0.25) is 9.69 Å². The molecular weight excluding hydrogens is 334 g/mol. The van der Waals surface area contributed by atoms with Gasteiger partial charge < -0.3 is 5.11 Å². The molecule has 0 radical (unpaired) electrons. The van der Waals surface area contributed by atoms with Gasteiger partial charge in [0.1, 0.15) is 5.75 Å². The van der Waals surface area contributed by atoms with Crippen molar-refractivity contribution in [2.75, 3.05) is 6.54 Å². The van der Waals surface area contributed by atoms with Gasteiger partial charge in [0.2, 0.25) is 0 Å². The van der Waals surface area contributed by atoms with Crippen molar-refractivity contribution < 1.29 is 9.90 Å². The van der Waals surface area contributed by atoms with Gasteiger partial charge in [0.25, 0.3) is 5.91 Å². The van der Waals surface area contributed by atoms with Gasteiger partial charge in [-0.2, -0.15) is 0 Å². The third-order valence-electron chi connectivity index (χ3n) is 3.68. The number of pyridine rings is 1. The first kappa shape index (κ1) is 17.0. The molecule has 0 unspecified atom stereocenters. The Morgan fingerprint density at radius 2 is 2.08 bits per heavy atom. The van der Waals surface area contributed by atoms with Crippen LogP contribution in [-0.2, 0) is 4.79 Å². The summed E-state index contributed by atoms with van der Waals surface area (Å²) in [6.07, 6.45) is 3.34. The second-order valence-electron chi connectivity index (χ2n) is 5.39. The third kappa shape index (κ3) is 3.64. The molecule has 0 spiro atoms. The summed E-state index contributed by atoms with van der Waals surface area (Å²) in [6.45, 7) is 5.99. The molecule has 0 bridgehead atoms. The first-order valence-electron chi connectivity index (χ1n) is 7.70. The van der Waals surface area contributed by atoms with Crippen LogP contribution in [-0.4, -0.2) is 32.6 Å². The zero-order valence-corrected chi connectivity index (χ0v) is 14.5. The van der Waals surface area contributed by atoms with Gasteiger partial charge in [-0.05, 0) is 54.1 Å². The van der Waals surface area contributed by atoms with Crippen molar-refractivity contribution in [3.05, 3.63) is 71.8 Å². The number of hydrogen-bond acceptors (Lipinski definition) is 5. The van der Waals surface area contributed by atoms with Gasteiger partial charge in [0.15, 0.2) is 11.0 Å². The van der Waals surface area contributed by atoms with Crippen molar-refractivity contribution in [1.82, 2.24) is 9.88 Å². The Morgan fingerprint density at radius 3 is 2.72 bits per heavy atom. The fourth-order valence-corrected chi connectivity index (χ4v) is 3.43. The number of aliphatic imine (C=N–C) groups is 1. The molecule has 6 heteroatoms. The number of amides is 1. The third-order valence-corrected chi connectivity index (χ3v) is 4.85. The zero-order valence-electron chi connectivity index (χ0n) is 13.7. The van der Waals surface area contributed by atoms with E-state index < -0.39 is 0 Å². The molecule has 1 aromatic heterocycles. The second kappa shape index (κ2) is 7.36. The van der Waals surface area contributed by atoms with E-state index in [4.69, 9.17) is 0 Å². The smallest absolute Gasteiger partial charge is 0.267 e. The molecule has 5 nitrogen and oxygen atoms in total. The number of aromatic nitrogens is 1. The molecule has 1 saturated heterocycles. The van der Waals surface area contributed by atoms with E-state index in [-0.39, 0.29) is 11.7 Å². The number of hydrogen-bond donors (Lipinski definition) is 1. The highest BCUT2D eigenvalue weighted by molar-refractivity contribution is 8.18. The van der Waals surface area contributed by atoms with Crippen LogP contribution in [0, 0.1) is 0 Å². The molecule has 1 amide bonds. The van der Waals surface area contributed by atoms with E-state index in [1.165, 1.54) is 11.8 Å². The van der Waals surface area contributed by atoms with E-state index in [1.54, 1.807) is 47.5 Å². The molecule has 126 valence electrons. The van der Waals surface area contributed by atoms with Crippen molar-refractivity contribution in [2.24, 2.45) is 4.99 Å². The van der Waals surface area contributed by atoms with Crippen LogP contribution >= 0.6 is 11.8 Å². The normalized spacial score (nSPS) is 17.9. The summed E-state index contributed by atoms with van der Waals surface area (Å²) in [7, 11) is 0. The Labute approximate surface area is 150 Å². The molecule has 1 aromatic carbocycles. The Kier molecular flexibility index (Phi) is 5.00. The van der Waals surface area contributed by atoms with Crippen molar-refractivity contribution in [2.45, 2.75) is 6.92 Å². The molecule has 2 heterocycles. The maximum absolute atomic E-state index is 12.8. The maximum atomic E-state index is 12.8. The average molecular weight is 351 g/mol. The fraction of sp³-hybridized carbons (Fsp3) is 0.105. The molecule has 25 heavy (non-hydrogen) atoms. The highest BCUT2D eigenvalue weighted by Crippen LogP contribution is 2.37. The maximum Gasteiger partial charge on any atom is 0.267 e. The quantitative estimate of drug-likeness (QED) is 0.669. The van der Waals surface area contributed by atoms with Crippen LogP contribution in [0.2, 0.25) is 0 Å². The Bertz CT molecular complexity index is 858. The number of thioether (sulfide) groups is 1. The lowest BCUT2D eigenvalue weighted by molar-refractivity contribution is -0.121. The fourth-order valence-electron chi connectivity index (χ4n) is 2.37. The number of aromatic hydroxyl groups is 1. The van der Waals surface area contributed by atoms with Gasteiger partial charge in [0.05, 0.1) is 4.91 Å². The minimum atomic E-state index is -0.106. The van der Waals surface area contributed by atoms with E-state index in [0.717, 1.165) is 11.1 Å². The molecule has 1 N–H and O–H groups in total. The number of phenolic OH excluding ortho intramolecular Hbond substituents is 1. The number of benzene rings is 1. The first-order valence-corrected chi connectivity index (χ1v) is 8.52. The lowest BCUT2D eigenvalue weighted by Crippen LogP contribution is -2.29. The Balaban J connectivity index is 2.01. The summed E-state index contributed by atoms with van der Waals surface area (Å²) >= 11 is 1.32. The molecule has 0 saturated carbocycles. The van der Waals surface area contributed by atoms with Crippen molar-refractivity contribution >= 4 is 34.2 Å². The Morgan fingerprint density at radius 1 is 1.32 bits per heavy atom. The summed E-state index contributed by atoms with van der Waals surface area (Å²) in [4.78, 5) is 23.7. The van der Waals surface area contributed by atoms with Crippen LogP contribution in [0.15, 0.2) is 71.2 Å². The molecule has 1 aliphatic rings. The van der Waals surface area contributed by atoms with Crippen molar-refractivity contribution in [3.8, 4) is 5.75 Å². The van der Waals surface area contributed by atoms with Crippen molar-refractivity contribution in [3.63, 3.8) is 0 Å². The van der Waals surface area contributed by atoms with Gasteiger partial charge in [0, 0.05) is 12.7 Å². The molecule has 0 atom stereocenters. The van der Waals surface area contributed by atoms with Crippen LogP contribution in [0.5, 0.6) is 5.75 Å². The Hall–Kier alpha value is -2.86. The number of amidine groups is 1. The SMILES string of the molecule is C=CCN1C(=O)/C(=C(\C)c2ccc(O)cc2)S/C1=N/c1ccccn1. The molecule has 0 aliphatic carbocycles. The van der Waals surface area contributed by atoms with Gasteiger partial charge in [-0.15, -0.1) is 6.58 Å². The topological polar surface area (TPSA) is 65.8 Å². The van der Waals surface area contributed by atoms with E-state index in [1.807, 2.05) is 19.1 Å². The minimum absolute atomic E-state index is 0.106. The number of nitrogens with zero attached hydrogens (tertiary/aromatic N) is 3. The number of phenols is 1. The highest BCUT2D eigenvalue weighted by Gasteiger charge is 2.34. The largest absolute Gasteiger partial charge is 0.508 e. The lowest BCUT2D eigenvalue weighted by atomic mass is 10.1. The number of carbonyl (C=O) groups excluding carboxylic acids is 1. The minimum Gasteiger partial charge on any atom is -0.508 e. The van der Waals surface area contributed by atoms with Gasteiger partial charge in [-0.25, -0.2) is 9.98 Å². The first-order chi connectivity index (χ1) is 12.1. The summed E-state index contributed by atoms with van der Waals surface area (Å²) in [5.74, 6) is 0.637. The predicted molar refractivity (Wildman–Crippen MR) is 102 cm³/mol. The van der Waals surface area contributed by atoms with Gasteiger partial charge >= 0.3 is 0 Å². The van der Waals surface area contributed by atoms with E-state index in [2.05, 4.69) is 16.6 Å². The van der Waals surface area contributed by atoms with Crippen molar-refractivity contribution in [1.29, 1.82) is 0 Å². The molecular formula is C19H17N3O2S. The second-order valence-corrected chi connectivity index (χ2v) is 6.37. The zero-order chi connectivity index (χ0) is 17.8. The lowest BCUT2D eigenvalue weighted by Gasteiger charge is -2.12. The number of carbonyl (C=O) groups is 1. The molecule has 1 aliphatic heterocycles. The van der Waals surface area contributed by atoms with E-state index in [9.17, 15) is 9.90 Å². The van der Waals surface area contributed by atoms with Crippen LogP contribution in [0.1, 0.15) is 12.5 Å². The highest BCUT2D eigenvalue weighted by atomic mass is 32.2. The van der Waals surface area contributed by atoms with Crippen LogP contribution < -0.4 is 0 Å². The summed E-state index contributed by atoms with van der Waals surface area (Å²) in [6, 6.07) is 12.2. The number of allylic oxidation sites excluding steroid dienone is 1. The monoisotopic (exact) mass is 351 g/mol. The number of rotatable bonds is 4.